The van der Waals surface area contributed by atoms with Crippen LogP contribution in [-0.4, -0.2) is 13.2 Å². The molecular weight excluding hydrogens is 246 g/mol. The minimum atomic E-state index is 0.416. The number of methoxy groups -OCH3 is 1. The van der Waals surface area contributed by atoms with Gasteiger partial charge >= 0.3 is 0 Å². The molecule has 0 spiro atoms. The van der Waals surface area contributed by atoms with Gasteiger partial charge in [-0.25, -0.2) is 0 Å². The van der Waals surface area contributed by atoms with Gasteiger partial charge in [0.15, 0.2) is 0 Å². The zero-order chi connectivity index (χ0) is 15.0. The lowest BCUT2D eigenvalue weighted by Crippen LogP contribution is -2.40. The summed E-state index contributed by atoms with van der Waals surface area (Å²) in [5, 5.41) is 3.76. The number of hydrogen-bond acceptors (Lipinski definition) is 2. The third-order valence-electron chi connectivity index (χ3n) is 4.35. The molecule has 0 aliphatic heterocycles. The van der Waals surface area contributed by atoms with Gasteiger partial charge in [0.2, 0.25) is 0 Å². The Hall–Kier alpha value is -1.18. The van der Waals surface area contributed by atoms with E-state index in [4.69, 9.17) is 4.74 Å². The highest BCUT2D eigenvalue weighted by molar-refractivity contribution is 5.54. The summed E-state index contributed by atoms with van der Waals surface area (Å²) < 4.78 is 5.28. The summed E-state index contributed by atoms with van der Waals surface area (Å²) in [6, 6.07) is 6.83. The minimum absolute atomic E-state index is 0.416. The zero-order valence-corrected chi connectivity index (χ0v) is 13.8. The Labute approximate surface area is 123 Å². The molecule has 1 aromatic rings. The predicted molar refractivity (Wildman–Crippen MR) is 86.6 cm³/mol. The quantitative estimate of drug-likeness (QED) is 0.836. The molecule has 1 aromatic carbocycles. The monoisotopic (exact) mass is 275 g/mol. The van der Waals surface area contributed by atoms with Crippen molar-refractivity contribution in [3.8, 4) is 5.75 Å². The van der Waals surface area contributed by atoms with E-state index in [2.05, 4.69) is 52.1 Å². The minimum Gasteiger partial charge on any atom is -0.497 e. The Balaban J connectivity index is 2.13. The number of benzene rings is 1. The summed E-state index contributed by atoms with van der Waals surface area (Å²) in [6.07, 6.45) is 3.78. The van der Waals surface area contributed by atoms with Crippen molar-refractivity contribution in [2.75, 3.05) is 12.4 Å². The number of aryl methyl sites for hydroxylation is 1. The summed E-state index contributed by atoms with van der Waals surface area (Å²) in [5.41, 5.74) is 3.33. The summed E-state index contributed by atoms with van der Waals surface area (Å²) >= 11 is 0. The highest BCUT2D eigenvalue weighted by atomic mass is 16.5. The first-order valence-corrected chi connectivity index (χ1v) is 7.62. The van der Waals surface area contributed by atoms with Gasteiger partial charge in [0.05, 0.1) is 7.11 Å². The van der Waals surface area contributed by atoms with Crippen molar-refractivity contribution in [1.29, 1.82) is 0 Å². The van der Waals surface area contributed by atoms with Crippen LogP contribution in [0.4, 0.5) is 5.69 Å². The van der Waals surface area contributed by atoms with Gasteiger partial charge in [-0.2, -0.15) is 0 Å². The maximum atomic E-state index is 5.28. The van der Waals surface area contributed by atoms with Crippen LogP contribution in [0.2, 0.25) is 0 Å². The van der Waals surface area contributed by atoms with Gasteiger partial charge in [-0.15, -0.1) is 0 Å². The van der Waals surface area contributed by atoms with Crippen molar-refractivity contribution >= 4 is 5.69 Å². The first-order chi connectivity index (χ1) is 9.21. The normalized spacial score (nSPS) is 21.5. The van der Waals surface area contributed by atoms with E-state index in [1.807, 2.05) is 6.07 Å². The third-order valence-corrected chi connectivity index (χ3v) is 4.35. The largest absolute Gasteiger partial charge is 0.497 e. The Morgan fingerprint density at radius 3 is 2.20 bits per heavy atom. The van der Waals surface area contributed by atoms with Crippen LogP contribution in [0.15, 0.2) is 18.2 Å². The third kappa shape index (κ3) is 3.68. The number of rotatable bonds is 3. The summed E-state index contributed by atoms with van der Waals surface area (Å²) in [7, 11) is 1.72. The molecule has 112 valence electrons. The van der Waals surface area contributed by atoms with Gasteiger partial charge in [0.25, 0.3) is 0 Å². The van der Waals surface area contributed by atoms with Crippen molar-refractivity contribution < 1.29 is 4.74 Å². The van der Waals surface area contributed by atoms with Gasteiger partial charge in [-0.1, -0.05) is 27.7 Å². The van der Waals surface area contributed by atoms with Crippen LogP contribution in [0.3, 0.4) is 0 Å². The van der Waals surface area contributed by atoms with Crippen LogP contribution in [0.5, 0.6) is 5.75 Å². The molecular formula is C18H29NO. The van der Waals surface area contributed by atoms with E-state index in [-0.39, 0.29) is 0 Å². The molecule has 2 rings (SSSR count). The Bertz CT molecular complexity index is 460. The molecule has 1 aliphatic rings. The lowest BCUT2D eigenvalue weighted by atomic mass is 9.63. The molecule has 1 N–H and O–H groups in total. The maximum Gasteiger partial charge on any atom is 0.119 e. The number of hydrogen-bond donors (Lipinski definition) is 1. The Kier molecular flexibility index (Phi) is 4.04. The summed E-state index contributed by atoms with van der Waals surface area (Å²) in [4.78, 5) is 0. The average molecular weight is 275 g/mol. The molecule has 20 heavy (non-hydrogen) atoms. The summed E-state index contributed by atoms with van der Waals surface area (Å²) in [6.45, 7) is 11.7. The van der Waals surface area contributed by atoms with Gasteiger partial charge < -0.3 is 10.1 Å². The fourth-order valence-electron chi connectivity index (χ4n) is 4.09. The first kappa shape index (κ1) is 15.2. The summed E-state index contributed by atoms with van der Waals surface area (Å²) in [5.74, 6) is 0.928. The number of ether oxygens (including phenoxy) is 1. The second-order valence-electron chi connectivity index (χ2n) is 7.94. The molecule has 0 unspecified atom stereocenters. The van der Waals surface area contributed by atoms with Crippen LogP contribution in [0, 0.1) is 17.8 Å². The van der Waals surface area contributed by atoms with Crippen LogP contribution >= 0.6 is 0 Å². The molecule has 0 saturated heterocycles. The van der Waals surface area contributed by atoms with Gasteiger partial charge in [-0.05, 0) is 60.8 Å². The molecule has 1 fully saturated rings. The van der Waals surface area contributed by atoms with Crippen molar-refractivity contribution in [3.63, 3.8) is 0 Å². The van der Waals surface area contributed by atoms with E-state index in [1.165, 1.54) is 30.5 Å². The average Bonchev–Trinajstić information content (AvgIpc) is 2.27. The van der Waals surface area contributed by atoms with Crippen LogP contribution in [0.25, 0.3) is 0 Å². The molecule has 0 aromatic heterocycles. The maximum absolute atomic E-state index is 5.28. The van der Waals surface area contributed by atoms with Gasteiger partial charge in [0.1, 0.15) is 5.75 Å². The van der Waals surface area contributed by atoms with Crippen molar-refractivity contribution in [1.82, 2.24) is 0 Å². The molecule has 0 atom stereocenters. The van der Waals surface area contributed by atoms with Gasteiger partial charge in [0, 0.05) is 11.7 Å². The van der Waals surface area contributed by atoms with Crippen molar-refractivity contribution in [2.24, 2.45) is 10.8 Å². The smallest absolute Gasteiger partial charge is 0.119 e. The lowest BCUT2D eigenvalue weighted by Gasteiger charge is -2.45. The molecule has 0 radical (unpaired) electrons. The van der Waals surface area contributed by atoms with Crippen molar-refractivity contribution in [3.05, 3.63) is 23.8 Å². The van der Waals surface area contributed by atoms with E-state index >= 15 is 0 Å². The molecule has 1 saturated carbocycles. The van der Waals surface area contributed by atoms with E-state index in [0.717, 1.165) is 5.75 Å². The second kappa shape index (κ2) is 5.31. The molecule has 2 heteroatoms. The van der Waals surface area contributed by atoms with E-state index < -0.39 is 0 Å². The fraction of sp³-hybridized carbons (Fsp3) is 0.667. The second-order valence-corrected chi connectivity index (χ2v) is 7.94. The molecule has 1 aliphatic carbocycles. The highest BCUT2D eigenvalue weighted by Gasteiger charge is 2.38. The van der Waals surface area contributed by atoms with E-state index in [1.54, 1.807) is 7.11 Å². The van der Waals surface area contributed by atoms with Crippen LogP contribution < -0.4 is 10.1 Å². The molecule has 0 bridgehead atoms. The van der Waals surface area contributed by atoms with Crippen LogP contribution in [-0.2, 0) is 0 Å². The predicted octanol–water partition coefficient (Wildman–Crippen LogP) is 5.02. The highest BCUT2D eigenvalue weighted by Crippen LogP contribution is 2.46. The van der Waals surface area contributed by atoms with E-state index in [0.29, 0.717) is 16.9 Å². The number of anilines is 1. The Morgan fingerprint density at radius 1 is 1.10 bits per heavy atom. The van der Waals surface area contributed by atoms with Gasteiger partial charge in [-0.3, -0.25) is 0 Å². The molecule has 0 heterocycles. The number of nitrogens with one attached hydrogen (secondary N) is 1. The fourth-order valence-corrected chi connectivity index (χ4v) is 4.09. The first-order valence-electron chi connectivity index (χ1n) is 7.62. The standard InChI is InChI=1S/C18H29NO/c1-13-9-15(20-6)7-8-16(13)19-14-10-17(2,3)12-18(4,5)11-14/h7-9,14,19H,10-12H2,1-6H3. The topological polar surface area (TPSA) is 21.3 Å². The van der Waals surface area contributed by atoms with Crippen LogP contribution in [0.1, 0.15) is 52.5 Å². The lowest BCUT2D eigenvalue weighted by molar-refractivity contribution is 0.105. The molecule has 0 amide bonds. The van der Waals surface area contributed by atoms with Crippen molar-refractivity contribution in [2.45, 2.75) is 59.9 Å². The van der Waals surface area contributed by atoms with E-state index in [9.17, 15) is 0 Å². The zero-order valence-electron chi connectivity index (χ0n) is 13.8. The Morgan fingerprint density at radius 2 is 1.70 bits per heavy atom. The SMILES string of the molecule is COc1ccc(NC2CC(C)(C)CC(C)(C)C2)c(C)c1. The molecule has 2 nitrogen and oxygen atoms in total.